The molecule has 1 heterocycles. The molecule has 8 heteroatoms. The molecule has 0 aliphatic carbocycles. The van der Waals surface area contributed by atoms with Crippen LogP contribution in [0.5, 0.6) is 0 Å². The molecular formula is C16H20FN5OS. The highest BCUT2D eigenvalue weighted by Gasteiger charge is 2.25. The predicted octanol–water partition coefficient (Wildman–Crippen LogP) is 2.53. The largest absolute Gasteiger partial charge is 0.394 e. The smallest absolute Gasteiger partial charge is 0.276 e. The Bertz CT molecular complexity index is 730. The fourth-order valence-electron chi connectivity index (χ4n) is 2.15. The Kier molecular flexibility index (Phi) is 5.63. The molecule has 1 unspecified atom stereocenters. The van der Waals surface area contributed by atoms with E-state index in [9.17, 15) is 9.18 Å². The molecule has 0 radical (unpaired) electrons. The van der Waals surface area contributed by atoms with E-state index in [1.165, 1.54) is 23.9 Å². The minimum Gasteiger partial charge on any atom is -0.394 e. The number of aromatic amines is 1. The minimum absolute atomic E-state index is 0.245. The lowest BCUT2D eigenvalue weighted by Crippen LogP contribution is -2.35. The summed E-state index contributed by atoms with van der Waals surface area (Å²) in [6, 6.07) is 5.86. The molecule has 0 bridgehead atoms. The van der Waals surface area contributed by atoms with E-state index in [1.807, 2.05) is 0 Å². The van der Waals surface area contributed by atoms with E-state index in [2.05, 4.69) is 22.1 Å². The Hall–Kier alpha value is -2.32. The topological polar surface area (TPSA) is 110 Å². The van der Waals surface area contributed by atoms with Gasteiger partial charge in [-0.3, -0.25) is 9.89 Å². The summed E-state index contributed by atoms with van der Waals surface area (Å²) in [6.07, 6.45) is 2.05. The van der Waals surface area contributed by atoms with Crippen molar-refractivity contribution >= 4 is 23.4 Å². The lowest BCUT2D eigenvalue weighted by Gasteiger charge is -2.26. The number of nitrogens with zero attached hydrogens (tertiary/aromatic N) is 1. The highest BCUT2D eigenvalue weighted by Crippen LogP contribution is 2.29. The third-order valence-electron chi connectivity index (χ3n) is 3.48. The summed E-state index contributed by atoms with van der Waals surface area (Å²) in [5, 5.41) is 9.53. The number of amides is 1. The number of carbonyl (C=O) groups excluding carboxylic acids is 1. The standard InChI is InChI=1S/C16H20FN5OS/c1-10(18)24-8-6-16(2,19)12-9-11(3-4-13(12)17)21-15(23)14-5-7-20-22-14/h3-5,7,9H,1,6,8,18-19H2,2H3,(H,20,22)(H,21,23). The molecule has 2 rings (SSSR count). The van der Waals surface area contributed by atoms with E-state index in [4.69, 9.17) is 11.5 Å². The molecule has 2 aromatic rings. The maximum atomic E-state index is 14.2. The average molecular weight is 349 g/mol. The molecule has 0 spiro atoms. The summed E-state index contributed by atoms with van der Waals surface area (Å²) in [5.74, 6) is -0.192. The fraction of sp³-hybridized carbons (Fsp3) is 0.250. The molecular weight excluding hydrogens is 329 g/mol. The zero-order chi connectivity index (χ0) is 17.7. The van der Waals surface area contributed by atoms with Gasteiger partial charge in [-0.15, -0.1) is 11.8 Å². The lowest BCUT2D eigenvalue weighted by molar-refractivity contribution is 0.102. The van der Waals surface area contributed by atoms with Crippen molar-refractivity contribution in [3.05, 3.63) is 59.1 Å². The molecule has 1 atom stereocenters. The van der Waals surface area contributed by atoms with Crippen LogP contribution < -0.4 is 16.8 Å². The first-order chi connectivity index (χ1) is 11.3. The molecule has 0 saturated heterocycles. The van der Waals surface area contributed by atoms with Crippen LogP contribution in [0, 0.1) is 5.82 Å². The van der Waals surface area contributed by atoms with Crippen LogP contribution >= 0.6 is 11.8 Å². The third-order valence-corrected chi connectivity index (χ3v) is 4.26. The average Bonchev–Trinajstić information content (AvgIpc) is 3.02. The van der Waals surface area contributed by atoms with Gasteiger partial charge in [0.1, 0.15) is 11.5 Å². The Morgan fingerprint density at radius 1 is 1.50 bits per heavy atom. The molecule has 6 N–H and O–H groups in total. The molecule has 0 fully saturated rings. The third kappa shape index (κ3) is 4.59. The SMILES string of the molecule is C=C(N)SCCC(C)(N)c1cc(NC(=O)c2cc[nH]n2)ccc1F. The number of nitrogens with two attached hydrogens (primary N) is 2. The van der Waals surface area contributed by atoms with Crippen molar-refractivity contribution in [1.29, 1.82) is 0 Å². The van der Waals surface area contributed by atoms with Crippen molar-refractivity contribution < 1.29 is 9.18 Å². The molecule has 1 aromatic carbocycles. The van der Waals surface area contributed by atoms with Crippen LogP contribution in [-0.2, 0) is 5.54 Å². The number of carbonyl (C=O) groups is 1. The van der Waals surface area contributed by atoms with Gasteiger partial charge in [-0.2, -0.15) is 5.10 Å². The van der Waals surface area contributed by atoms with Crippen molar-refractivity contribution in [2.75, 3.05) is 11.1 Å². The maximum absolute atomic E-state index is 14.2. The van der Waals surface area contributed by atoms with Crippen molar-refractivity contribution in [3.8, 4) is 0 Å². The van der Waals surface area contributed by atoms with Gasteiger partial charge in [0.2, 0.25) is 0 Å². The summed E-state index contributed by atoms with van der Waals surface area (Å²) in [4.78, 5) is 12.0. The molecule has 6 nitrogen and oxygen atoms in total. The summed E-state index contributed by atoms with van der Waals surface area (Å²) in [7, 11) is 0. The highest BCUT2D eigenvalue weighted by atomic mass is 32.2. The van der Waals surface area contributed by atoms with E-state index in [0.717, 1.165) is 0 Å². The zero-order valence-electron chi connectivity index (χ0n) is 13.3. The van der Waals surface area contributed by atoms with Gasteiger partial charge in [-0.1, -0.05) is 6.58 Å². The normalized spacial score (nSPS) is 13.3. The Labute approximate surface area is 143 Å². The van der Waals surface area contributed by atoms with Crippen LogP contribution in [-0.4, -0.2) is 21.9 Å². The van der Waals surface area contributed by atoms with Gasteiger partial charge in [0.05, 0.1) is 5.03 Å². The van der Waals surface area contributed by atoms with Gasteiger partial charge >= 0.3 is 0 Å². The number of H-pyrrole nitrogens is 1. The van der Waals surface area contributed by atoms with Gasteiger partial charge < -0.3 is 16.8 Å². The van der Waals surface area contributed by atoms with E-state index >= 15 is 0 Å². The van der Waals surface area contributed by atoms with E-state index in [0.29, 0.717) is 28.5 Å². The van der Waals surface area contributed by atoms with E-state index < -0.39 is 11.4 Å². The number of halogens is 1. The highest BCUT2D eigenvalue weighted by molar-refractivity contribution is 8.02. The quantitative estimate of drug-likeness (QED) is 0.614. The summed E-state index contributed by atoms with van der Waals surface area (Å²) in [6.45, 7) is 5.35. The molecule has 0 aliphatic heterocycles. The summed E-state index contributed by atoms with van der Waals surface area (Å²) in [5.41, 5.74) is 11.9. The van der Waals surface area contributed by atoms with Crippen LogP contribution in [0.15, 0.2) is 42.1 Å². The molecule has 1 aromatic heterocycles. The van der Waals surface area contributed by atoms with Crippen molar-refractivity contribution in [1.82, 2.24) is 10.2 Å². The number of nitrogens with one attached hydrogen (secondary N) is 2. The van der Waals surface area contributed by atoms with Gasteiger partial charge in [0.25, 0.3) is 5.91 Å². The monoisotopic (exact) mass is 349 g/mol. The maximum Gasteiger partial charge on any atom is 0.276 e. The second-order valence-corrected chi connectivity index (χ2v) is 6.81. The summed E-state index contributed by atoms with van der Waals surface area (Å²) < 4.78 is 14.2. The lowest BCUT2D eigenvalue weighted by atomic mass is 9.89. The van der Waals surface area contributed by atoms with Crippen molar-refractivity contribution in [2.24, 2.45) is 11.5 Å². The molecule has 128 valence electrons. The summed E-state index contributed by atoms with van der Waals surface area (Å²) >= 11 is 1.37. The van der Waals surface area contributed by atoms with E-state index in [1.54, 1.807) is 25.3 Å². The predicted molar refractivity (Wildman–Crippen MR) is 94.9 cm³/mol. The fourth-order valence-corrected chi connectivity index (χ4v) is 2.94. The zero-order valence-corrected chi connectivity index (χ0v) is 14.1. The van der Waals surface area contributed by atoms with Crippen molar-refractivity contribution in [2.45, 2.75) is 18.9 Å². The van der Waals surface area contributed by atoms with Crippen LogP contribution in [0.4, 0.5) is 10.1 Å². The number of aromatic nitrogens is 2. The molecule has 24 heavy (non-hydrogen) atoms. The van der Waals surface area contributed by atoms with Crippen LogP contribution in [0.25, 0.3) is 0 Å². The van der Waals surface area contributed by atoms with E-state index in [-0.39, 0.29) is 11.6 Å². The second kappa shape index (κ2) is 7.50. The molecule has 0 aliphatic rings. The Morgan fingerprint density at radius 2 is 2.25 bits per heavy atom. The number of rotatable bonds is 7. The van der Waals surface area contributed by atoms with Gasteiger partial charge in [0, 0.05) is 28.7 Å². The Morgan fingerprint density at radius 3 is 2.88 bits per heavy atom. The van der Waals surface area contributed by atoms with Crippen LogP contribution in [0.2, 0.25) is 0 Å². The molecule has 0 saturated carbocycles. The number of hydrogen-bond donors (Lipinski definition) is 4. The number of benzene rings is 1. The Balaban J connectivity index is 2.15. The number of hydrogen-bond acceptors (Lipinski definition) is 5. The second-order valence-electron chi connectivity index (χ2n) is 5.59. The first-order valence-corrected chi connectivity index (χ1v) is 8.25. The first kappa shape index (κ1) is 18.0. The number of anilines is 1. The van der Waals surface area contributed by atoms with Gasteiger partial charge in [0.15, 0.2) is 0 Å². The van der Waals surface area contributed by atoms with Crippen LogP contribution in [0.3, 0.4) is 0 Å². The molecule has 1 amide bonds. The minimum atomic E-state index is -0.903. The van der Waals surface area contributed by atoms with Crippen molar-refractivity contribution in [3.63, 3.8) is 0 Å². The van der Waals surface area contributed by atoms with Gasteiger partial charge in [-0.25, -0.2) is 4.39 Å². The van der Waals surface area contributed by atoms with Crippen LogP contribution in [0.1, 0.15) is 29.4 Å². The number of thioether (sulfide) groups is 1. The van der Waals surface area contributed by atoms with Gasteiger partial charge in [-0.05, 0) is 37.6 Å². The first-order valence-electron chi connectivity index (χ1n) is 7.27.